The van der Waals surface area contributed by atoms with Crippen LogP contribution in [0.4, 0.5) is 5.82 Å². The smallest absolute Gasteiger partial charge is 0.255 e. The van der Waals surface area contributed by atoms with Gasteiger partial charge in [-0.15, -0.1) is 0 Å². The van der Waals surface area contributed by atoms with Crippen LogP contribution in [0, 0.1) is 0 Å². The Balaban J connectivity index is 2.06. The Morgan fingerprint density at radius 2 is 2.05 bits per heavy atom. The molecule has 6 nitrogen and oxygen atoms in total. The predicted octanol–water partition coefficient (Wildman–Crippen LogP) is 1.42. The zero-order valence-electron chi connectivity index (χ0n) is 12.7. The molecule has 0 saturated carbocycles. The molecule has 6 heteroatoms. The van der Waals surface area contributed by atoms with Crippen LogP contribution in [0.25, 0.3) is 0 Å². The minimum absolute atomic E-state index is 0.150. The van der Waals surface area contributed by atoms with E-state index in [1.54, 1.807) is 32.5 Å². The SMILES string of the molecule is COC(CNC(=O)c1cccnc1N1CCCCC1)OC. The number of pyridine rings is 1. The highest BCUT2D eigenvalue weighted by Crippen LogP contribution is 2.21. The molecule has 1 aromatic heterocycles. The first-order valence-corrected chi connectivity index (χ1v) is 7.30. The maximum Gasteiger partial charge on any atom is 0.255 e. The van der Waals surface area contributed by atoms with E-state index in [4.69, 9.17) is 9.47 Å². The molecule has 0 unspecified atom stereocenters. The first-order chi connectivity index (χ1) is 10.3. The van der Waals surface area contributed by atoms with Crippen molar-refractivity contribution in [2.45, 2.75) is 25.6 Å². The van der Waals surface area contributed by atoms with Crippen LogP contribution in [0.3, 0.4) is 0 Å². The van der Waals surface area contributed by atoms with Gasteiger partial charge in [0.15, 0.2) is 6.29 Å². The van der Waals surface area contributed by atoms with Gasteiger partial charge in [-0.3, -0.25) is 4.79 Å². The lowest BCUT2D eigenvalue weighted by atomic mass is 10.1. The number of hydrogen-bond donors (Lipinski definition) is 1. The van der Waals surface area contributed by atoms with E-state index >= 15 is 0 Å². The summed E-state index contributed by atoms with van der Waals surface area (Å²) in [6.45, 7) is 2.21. The Labute approximate surface area is 125 Å². The summed E-state index contributed by atoms with van der Waals surface area (Å²) in [5.74, 6) is 0.615. The van der Waals surface area contributed by atoms with Crippen molar-refractivity contribution >= 4 is 11.7 Å². The van der Waals surface area contributed by atoms with Crippen LogP contribution in [0.1, 0.15) is 29.6 Å². The maximum atomic E-state index is 12.4. The molecule has 2 rings (SSSR count). The van der Waals surface area contributed by atoms with Gasteiger partial charge in [0.25, 0.3) is 5.91 Å². The minimum atomic E-state index is -0.441. The number of piperidine rings is 1. The Morgan fingerprint density at radius 3 is 2.71 bits per heavy atom. The summed E-state index contributed by atoms with van der Waals surface area (Å²) >= 11 is 0. The molecule has 1 saturated heterocycles. The number of nitrogens with one attached hydrogen (secondary N) is 1. The third kappa shape index (κ3) is 4.15. The molecule has 116 valence electrons. The van der Waals surface area contributed by atoms with Crippen LogP contribution in [-0.4, -0.2) is 51.0 Å². The van der Waals surface area contributed by atoms with Crippen LogP contribution in [0.15, 0.2) is 18.3 Å². The van der Waals surface area contributed by atoms with Crippen molar-refractivity contribution in [3.8, 4) is 0 Å². The minimum Gasteiger partial charge on any atom is -0.356 e. The van der Waals surface area contributed by atoms with E-state index in [2.05, 4.69) is 15.2 Å². The lowest BCUT2D eigenvalue weighted by Crippen LogP contribution is -2.36. The van der Waals surface area contributed by atoms with Gasteiger partial charge >= 0.3 is 0 Å². The molecule has 1 fully saturated rings. The van der Waals surface area contributed by atoms with Crippen LogP contribution in [0.2, 0.25) is 0 Å². The van der Waals surface area contributed by atoms with Crippen LogP contribution in [0.5, 0.6) is 0 Å². The van der Waals surface area contributed by atoms with E-state index in [-0.39, 0.29) is 5.91 Å². The first-order valence-electron chi connectivity index (χ1n) is 7.30. The Bertz CT molecular complexity index is 457. The second kappa shape index (κ2) is 7.95. The molecule has 0 aliphatic carbocycles. The van der Waals surface area contributed by atoms with Gasteiger partial charge in [-0.1, -0.05) is 0 Å². The summed E-state index contributed by atoms with van der Waals surface area (Å²) in [7, 11) is 3.09. The maximum absolute atomic E-state index is 12.4. The van der Waals surface area contributed by atoms with E-state index in [0.29, 0.717) is 12.1 Å². The van der Waals surface area contributed by atoms with Gasteiger partial charge in [0.1, 0.15) is 5.82 Å². The zero-order chi connectivity index (χ0) is 15.1. The summed E-state index contributed by atoms with van der Waals surface area (Å²) in [6, 6.07) is 3.59. The summed E-state index contributed by atoms with van der Waals surface area (Å²) in [6.07, 6.45) is 4.83. The number of anilines is 1. The predicted molar refractivity (Wildman–Crippen MR) is 80.4 cm³/mol. The summed E-state index contributed by atoms with van der Waals surface area (Å²) in [5, 5.41) is 2.82. The third-order valence-corrected chi connectivity index (χ3v) is 3.64. The van der Waals surface area contributed by atoms with Crippen molar-refractivity contribution < 1.29 is 14.3 Å². The van der Waals surface area contributed by atoms with E-state index in [1.807, 2.05) is 0 Å². The number of nitrogens with zero attached hydrogens (tertiary/aromatic N) is 2. The first kappa shape index (κ1) is 15.7. The Kier molecular flexibility index (Phi) is 5.95. The molecular weight excluding hydrogens is 270 g/mol. The topological polar surface area (TPSA) is 63.7 Å². The van der Waals surface area contributed by atoms with Crippen molar-refractivity contribution in [1.82, 2.24) is 10.3 Å². The van der Waals surface area contributed by atoms with Crippen molar-refractivity contribution in [2.75, 3.05) is 38.8 Å². The second-order valence-corrected chi connectivity index (χ2v) is 5.03. The normalized spacial score (nSPS) is 15.3. The van der Waals surface area contributed by atoms with Crippen molar-refractivity contribution in [3.63, 3.8) is 0 Å². The number of ether oxygens (including phenoxy) is 2. The van der Waals surface area contributed by atoms with Crippen LogP contribution in [-0.2, 0) is 9.47 Å². The highest BCUT2D eigenvalue weighted by Gasteiger charge is 2.20. The largest absolute Gasteiger partial charge is 0.356 e. The Hall–Kier alpha value is -1.66. The van der Waals surface area contributed by atoms with Crippen LogP contribution >= 0.6 is 0 Å². The summed E-state index contributed by atoms with van der Waals surface area (Å²) < 4.78 is 10.1. The van der Waals surface area contributed by atoms with Gasteiger partial charge in [-0.05, 0) is 31.4 Å². The lowest BCUT2D eigenvalue weighted by molar-refractivity contribution is -0.0974. The van der Waals surface area contributed by atoms with E-state index < -0.39 is 6.29 Å². The number of hydrogen-bond acceptors (Lipinski definition) is 5. The molecule has 21 heavy (non-hydrogen) atoms. The fourth-order valence-electron chi connectivity index (χ4n) is 2.47. The van der Waals surface area contributed by atoms with Gasteiger partial charge in [-0.2, -0.15) is 0 Å². The summed E-state index contributed by atoms with van der Waals surface area (Å²) in [5.41, 5.74) is 0.602. The highest BCUT2D eigenvalue weighted by atomic mass is 16.7. The standard InChI is InChI=1S/C15H23N3O3/c1-20-13(21-2)11-17-15(19)12-7-6-8-16-14(12)18-9-4-3-5-10-18/h6-8,13H,3-5,9-11H2,1-2H3,(H,17,19). The van der Waals surface area contributed by atoms with Gasteiger partial charge < -0.3 is 19.7 Å². The molecule has 0 aromatic carbocycles. The molecule has 1 amide bonds. The van der Waals surface area contributed by atoms with Crippen molar-refractivity contribution in [2.24, 2.45) is 0 Å². The number of methoxy groups -OCH3 is 2. The van der Waals surface area contributed by atoms with Crippen molar-refractivity contribution in [1.29, 1.82) is 0 Å². The lowest BCUT2D eigenvalue weighted by Gasteiger charge is -2.29. The number of carbonyl (C=O) groups is 1. The van der Waals surface area contributed by atoms with Gasteiger partial charge in [0.05, 0.1) is 12.1 Å². The fraction of sp³-hybridized carbons (Fsp3) is 0.600. The molecule has 1 N–H and O–H groups in total. The van der Waals surface area contributed by atoms with Gasteiger partial charge in [0, 0.05) is 33.5 Å². The molecule has 2 heterocycles. The molecule has 1 aromatic rings. The van der Waals surface area contributed by atoms with Crippen molar-refractivity contribution in [3.05, 3.63) is 23.9 Å². The number of amides is 1. The molecule has 0 spiro atoms. The third-order valence-electron chi connectivity index (χ3n) is 3.64. The van der Waals surface area contributed by atoms with Gasteiger partial charge in [0.2, 0.25) is 0 Å². The number of aromatic nitrogens is 1. The molecule has 0 bridgehead atoms. The van der Waals surface area contributed by atoms with E-state index in [1.165, 1.54) is 6.42 Å². The van der Waals surface area contributed by atoms with E-state index in [0.717, 1.165) is 31.7 Å². The zero-order valence-corrected chi connectivity index (χ0v) is 12.7. The van der Waals surface area contributed by atoms with E-state index in [9.17, 15) is 4.79 Å². The average molecular weight is 293 g/mol. The molecule has 1 aliphatic rings. The molecular formula is C15H23N3O3. The quantitative estimate of drug-likeness (QED) is 0.804. The highest BCUT2D eigenvalue weighted by molar-refractivity contribution is 5.98. The molecule has 0 radical (unpaired) electrons. The molecule has 0 atom stereocenters. The van der Waals surface area contributed by atoms with Crippen LogP contribution < -0.4 is 10.2 Å². The average Bonchev–Trinajstić information content (AvgIpc) is 2.56. The second-order valence-electron chi connectivity index (χ2n) is 5.03. The monoisotopic (exact) mass is 293 g/mol. The number of rotatable bonds is 6. The van der Waals surface area contributed by atoms with Gasteiger partial charge in [-0.25, -0.2) is 4.98 Å². The fourth-order valence-corrected chi connectivity index (χ4v) is 2.47. The summed E-state index contributed by atoms with van der Waals surface area (Å²) in [4.78, 5) is 18.9. The molecule has 1 aliphatic heterocycles. The Morgan fingerprint density at radius 1 is 1.33 bits per heavy atom. The number of carbonyl (C=O) groups excluding carboxylic acids is 1.